The van der Waals surface area contributed by atoms with Crippen LogP contribution in [0.1, 0.15) is 48.8 Å². The van der Waals surface area contributed by atoms with Gasteiger partial charge in [0.25, 0.3) is 0 Å². The van der Waals surface area contributed by atoms with Crippen LogP contribution in [0.25, 0.3) is 0 Å². The summed E-state index contributed by atoms with van der Waals surface area (Å²) in [6.45, 7) is -0.0378. The molecular formula is C25H16F13NO. The van der Waals surface area contributed by atoms with Crippen molar-refractivity contribution in [2.75, 3.05) is 6.61 Å². The molecule has 0 heterocycles. The zero-order chi connectivity index (χ0) is 30.5. The number of unbranched alkanes of at least 4 members (excludes halogenated alkanes) is 3. The Kier molecular flexibility index (Phi) is 10.00. The molecule has 2 aromatic carbocycles. The summed E-state index contributed by atoms with van der Waals surface area (Å²) in [7, 11) is 0. The van der Waals surface area contributed by atoms with E-state index >= 15 is 0 Å². The number of hydrogen-bond acceptors (Lipinski definition) is 2. The molecule has 0 unspecified atom stereocenters. The second-order valence-corrected chi connectivity index (χ2v) is 8.26. The Morgan fingerprint density at radius 1 is 0.625 bits per heavy atom. The Balaban J connectivity index is 1.85. The molecule has 0 saturated heterocycles. The monoisotopic (exact) mass is 593 g/mol. The zero-order valence-corrected chi connectivity index (χ0v) is 19.8. The third-order valence-corrected chi connectivity index (χ3v) is 5.42. The van der Waals surface area contributed by atoms with Gasteiger partial charge < -0.3 is 4.74 Å². The second-order valence-electron chi connectivity index (χ2n) is 8.26. The first-order chi connectivity index (χ1) is 18.4. The molecule has 0 spiro atoms. The Morgan fingerprint density at radius 2 is 1.12 bits per heavy atom. The molecular weight excluding hydrogens is 577 g/mol. The molecule has 2 rings (SSSR count). The molecule has 0 aliphatic carbocycles. The van der Waals surface area contributed by atoms with Crippen molar-refractivity contribution in [3.05, 3.63) is 64.2 Å². The van der Waals surface area contributed by atoms with Crippen LogP contribution < -0.4 is 4.74 Å². The number of rotatable bonds is 10. The van der Waals surface area contributed by atoms with Gasteiger partial charge in [0.15, 0.2) is 23.3 Å². The number of halogens is 13. The summed E-state index contributed by atoms with van der Waals surface area (Å²) in [4.78, 5) is 0. The molecule has 0 saturated carbocycles. The minimum absolute atomic E-state index is 0.0378. The second kappa shape index (κ2) is 12.3. The van der Waals surface area contributed by atoms with Gasteiger partial charge in [-0.1, -0.05) is 24.7 Å². The fourth-order valence-corrected chi connectivity index (χ4v) is 3.17. The number of nitrogens with zero attached hydrogens (tertiary/aromatic N) is 1. The van der Waals surface area contributed by atoms with E-state index in [0.29, 0.717) is 0 Å². The van der Waals surface area contributed by atoms with Crippen LogP contribution in [0.3, 0.4) is 0 Å². The van der Waals surface area contributed by atoms with E-state index in [9.17, 15) is 57.1 Å². The van der Waals surface area contributed by atoms with Crippen molar-refractivity contribution >= 4 is 0 Å². The van der Waals surface area contributed by atoms with E-state index in [1.54, 1.807) is 0 Å². The molecule has 0 amide bonds. The van der Waals surface area contributed by atoms with E-state index in [1.165, 1.54) is 24.3 Å². The lowest BCUT2D eigenvalue weighted by Gasteiger charge is -2.33. The first-order valence-electron chi connectivity index (χ1n) is 11.1. The maximum absolute atomic E-state index is 13.9. The minimum atomic E-state index is -6.91. The zero-order valence-electron chi connectivity index (χ0n) is 19.8. The van der Waals surface area contributed by atoms with Crippen molar-refractivity contribution in [1.29, 1.82) is 5.26 Å². The summed E-state index contributed by atoms with van der Waals surface area (Å²) in [6.07, 6.45) is -9.48. The van der Waals surface area contributed by atoms with Gasteiger partial charge in [0.1, 0.15) is 22.9 Å². The van der Waals surface area contributed by atoms with Crippen LogP contribution in [0, 0.1) is 46.4 Å². The summed E-state index contributed by atoms with van der Waals surface area (Å²) < 4.78 is 176. The lowest BCUT2D eigenvalue weighted by Crippen LogP contribution is -2.60. The fourth-order valence-electron chi connectivity index (χ4n) is 3.17. The molecule has 0 N–H and O–H groups in total. The highest BCUT2D eigenvalue weighted by molar-refractivity contribution is 5.48. The van der Waals surface area contributed by atoms with Gasteiger partial charge in [-0.25, -0.2) is 17.6 Å². The van der Waals surface area contributed by atoms with Crippen LogP contribution >= 0.6 is 0 Å². The maximum atomic E-state index is 13.9. The SMILES string of the molecule is N#Cc1c(F)c(F)c(C#Cc2ccc(OCCCCCCC(F)(F)C(F)(F)C(F)(F)C(F)(F)F)cc2)c(F)c1F. The summed E-state index contributed by atoms with van der Waals surface area (Å²) in [5.41, 5.74) is -2.54. The van der Waals surface area contributed by atoms with E-state index in [2.05, 4.69) is 5.92 Å². The third kappa shape index (κ3) is 6.74. The van der Waals surface area contributed by atoms with Gasteiger partial charge >= 0.3 is 23.9 Å². The molecule has 0 radical (unpaired) electrons. The number of nitriles is 1. The normalized spacial score (nSPS) is 12.5. The quantitative estimate of drug-likeness (QED) is 0.120. The van der Waals surface area contributed by atoms with Gasteiger partial charge in [-0.2, -0.15) is 44.8 Å². The summed E-state index contributed by atoms with van der Waals surface area (Å²) in [6, 6.07) is 6.26. The van der Waals surface area contributed by atoms with Crippen LogP contribution in [-0.4, -0.2) is 30.6 Å². The van der Waals surface area contributed by atoms with Gasteiger partial charge in [-0.15, -0.1) is 0 Å². The van der Waals surface area contributed by atoms with E-state index in [0.717, 1.165) is 6.07 Å². The Morgan fingerprint density at radius 3 is 1.62 bits per heavy atom. The van der Waals surface area contributed by atoms with Crippen molar-refractivity contribution in [3.8, 4) is 23.7 Å². The van der Waals surface area contributed by atoms with E-state index in [4.69, 9.17) is 10.00 Å². The number of alkyl halides is 9. The molecule has 40 heavy (non-hydrogen) atoms. The van der Waals surface area contributed by atoms with E-state index in [1.807, 2.05) is 5.92 Å². The van der Waals surface area contributed by atoms with E-state index in [-0.39, 0.29) is 37.2 Å². The predicted molar refractivity (Wildman–Crippen MR) is 113 cm³/mol. The maximum Gasteiger partial charge on any atom is 0.460 e. The average molecular weight is 593 g/mol. The van der Waals surface area contributed by atoms with Crippen molar-refractivity contribution in [2.45, 2.75) is 56.0 Å². The predicted octanol–water partition coefficient (Wildman–Crippen LogP) is 8.31. The first kappa shape index (κ1) is 32.6. The Hall–Kier alpha value is -3.62. The molecule has 0 fully saturated rings. The molecule has 2 nitrogen and oxygen atoms in total. The standard InChI is InChI=1S/C25H16F13NO/c26-18-16(19(27)21(29)17(13-39)20(18)28)10-7-14-5-8-15(9-6-14)40-12-4-2-1-3-11-22(30,31)23(32,33)24(34,35)25(36,37)38/h5-6,8-9H,1-4,11-12H2. The molecule has 0 bridgehead atoms. The molecule has 15 heteroatoms. The van der Waals surface area contributed by atoms with Gasteiger partial charge in [0, 0.05) is 12.0 Å². The molecule has 218 valence electrons. The van der Waals surface area contributed by atoms with Crippen molar-refractivity contribution < 1.29 is 61.8 Å². The summed E-state index contributed by atoms with van der Waals surface area (Å²) in [5.74, 6) is -22.2. The van der Waals surface area contributed by atoms with Crippen LogP contribution in [0.15, 0.2) is 24.3 Å². The highest BCUT2D eigenvalue weighted by atomic mass is 19.4. The number of hydrogen-bond donors (Lipinski definition) is 0. The summed E-state index contributed by atoms with van der Waals surface area (Å²) >= 11 is 0. The summed E-state index contributed by atoms with van der Waals surface area (Å²) in [5, 5.41) is 8.57. The lowest BCUT2D eigenvalue weighted by atomic mass is 9.98. The van der Waals surface area contributed by atoms with Crippen molar-refractivity contribution in [1.82, 2.24) is 0 Å². The van der Waals surface area contributed by atoms with E-state index < -0.39 is 71.2 Å². The topological polar surface area (TPSA) is 33.0 Å². The van der Waals surface area contributed by atoms with Crippen molar-refractivity contribution in [3.63, 3.8) is 0 Å². The first-order valence-corrected chi connectivity index (χ1v) is 11.1. The molecule has 0 atom stereocenters. The average Bonchev–Trinajstić information content (AvgIpc) is 2.87. The third-order valence-electron chi connectivity index (χ3n) is 5.42. The van der Waals surface area contributed by atoms with Gasteiger partial charge in [-0.3, -0.25) is 0 Å². The fraction of sp³-hybridized carbons (Fsp3) is 0.400. The van der Waals surface area contributed by atoms with Crippen molar-refractivity contribution in [2.24, 2.45) is 0 Å². The number of ether oxygens (including phenoxy) is 1. The van der Waals surface area contributed by atoms with Gasteiger partial charge in [0.2, 0.25) is 0 Å². The van der Waals surface area contributed by atoms with Crippen LogP contribution in [0.5, 0.6) is 5.75 Å². The smallest absolute Gasteiger partial charge is 0.460 e. The Bertz CT molecular complexity index is 1270. The molecule has 2 aromatic rings. The largest absolute Gasteiger partial charge is 0.494 e. The molecule has 0 aliphatic heterocycles. The highest BCUT2D eigenvalue weighted by Crippen LogP contribution is 2.54. The lowest BCUT2D eigenvalue weighted by molar-refractivity contribution is -0.396. The highest BCUT2D eigenvalue weighted by Gasteiger charge is 2.81. The van der Waals surface area contributed by atoms with Crippen LogP contribution in [0.4, 0.5) is 57.1 Å². The minimum Gasteiger partial charge on any atom is -0.494 e. The molecule has 0 aromatic heterocycles. The van der Waals surface area contributed by atoms with Crippen LogP contribution in [-0.2, 0) is 0 Å². The number of benzene rings is 2. The molecule has 0 aliphatic rings. The Labute approximate surface area is 218 Å². The van der Waals surface area contributed by atoms with Crippen LogP contribution in [0.2, 0.25) is 0 Å². The van der Waals surface area contributed by atoms with Gasteiger partial charge in [-0.05, 0) is 37.1 Å². The van der Waals surface area contributed by atoms with Gasteiger partial charge in [0.05, 0.1) is 6.61 Å².